The Morgan fingerprint density at radius 1 is 1.29 bits per heavy atom. The first kappa shape index (κ1) is 16.8. The fraction of sp³-hybridized carbons (Fsp3) is 0.375. The van der Waals surface area contributed by atoms with Gasteiger partial charge in [0.25, 0.3) is 0 Å². The van der Waals surface area contributed by atoms with Gasteiger partial charge >= 0.3 is 0 Å². The topological polar surface area (TPSA) is 67.4 Å². The predicted octanol–water partition coefficient (Wildman–Crippen LogP) is 1.74. The normalized spacial score (nSPS) is 12.0. The Hall–Kier alpha value is -2.30. The summed E-state index contributed by atoms with van der Waals surface area (Å²) >= 11 is 0. The number of rotatable bonds is 7. The van der Waals surface area contributed by atoms with Gasteiger partial charge in [0.15, 0.2) is 0 Å². The van der Waals surface area contributed by atoms with Crippen molar-refractivity contribution < 1.29 is 14.3 Å². The molecule has 0 bridgehead atoms. The van der Waals surface area contributed by atoms with E-state index in [9.17, 15) is 9.59 Å². The molecule has 5 heteroatoms. The van der Waals surface area contributed by atoms with Crippen LogP contribution in [-0.2, 0) is 9.59 Å². The molecule has 1 atom stereocenters. The summed E-state index contributed by atoms with van der Waals surface area (Å²) in [5.41, 5.74) is 0.820. The smallest absolute Gasteiger partial charge is 0.244 e. The Labute approximate surface area is 125 Å². The Bertz CT molecular complexity index is 512. The average molecular weight is 290 g/mol. The molecule has 2 N–H and O–H groups in total. The highest BCUT2D eigenvalue weighted by atomic mass is 16.5. The summed E-state index contributed by atoms with van der Waals surface area (Å²) in [4.78, 5) is 23.3. The van der Waals surface area contributed by atoms with Gasteiger partial charge < -0.3 is 15.4 Å². The summed E-state index contributed by atoms with van der Waals surface area (Å²) in [7, 11) is 0. The zero-order chi connectivity index (χ0) is 15.7. The van der Waals surface area contributed by atoms with Gasteiger partial charge in [0.05, 0.1) is 6.61 Å². The summed E-state index contributed by atoms with van der Waals surface area (Å²) in [6.07, 6.45) is 3.07. The lowest BCUT2D eigenvalue weighted by atomic mass is 10.2. The van der Waals surface area contributed by atoms with Gasteiger partial charge in [-0.25, -0.2) is 0 Å². The van der Waals surface area contributed by atoms with Crippen LogP contribution >= 0.6 is 0 Å². The van der Waals surface area contributed by atoms with Crippen molar-refractivity contribution in [1.29, 1.82) is 0 Å². The van der Waals surface area contributed by atoms with Crippen molar-refractivity contribution >= 4 is 17.9 Å². The van der Waals surface area contributed by atoms with E-state index >= 15 is 0 Å². The van der Waals surface area contributed by atoms with E-state index in [1.54, 1.807) is 13.0 Å². The van der Waals surface area contributed by atoms with Gasteiger partial charge in [-0.1, -0.05) is 18.2 Å². The second-order valence-electron chi connectivity index (χ2n) is 4.43. The number of nitrogens with one attached hydrogen (secondary N) is 2. The summed E-state index contributed by atoms with van der Waals surface area (Å²) in [5, 5.41) is 5.26. The minimum Gasteiger partial charge on any atom is -0.493 e. The van der Waals surface area contributed by atoms with E-state index < -0.39 is 6.04 Å². The van der Waals surface area contributed by atoms with Crippen molar-refractivity contribution in [3.63, 3.8) is 0 Å². The first-order valence-corrected chi connectivity index (χ1v) is 7.06. The average Bonchev–Trinajstić information content (AvgIpc) is 2.47. The molecule has 0 aliphatic rings. The number of ether oxygens (including phenoxy) is 1. The number of para-hydroxylation sites is 1. The number of carbonyl (C=O) groups is 2. The molecule has 1 aromatic carbocycles. The number of hydrogen-bond donors (Lipinski definition) is 2. The van der Waals surface area contributed by atoms with Crippen LogP contribution in [0.2, 0.25) is 0 Å². The maximum absolute atomic E-state index is 11.8. The van der Waals surface area contributed by atoms with Crippen molar-refractivity contribution in [2.75, 3.05) is 13.2 Å². The molecule has 0 radical (unpaired) electrons. The number of likely N-dealkylation sites (N-methyl/N-ethyl adjacent to an activating group) is 1. The summed E-state index contributed by atoms with van der Waals surface area (Å²) in [6, 6.07) is 6.89. The van der Waals surface area contributed by atoms with Crippen LogP contribution in [0.4, 0.5) is 0 Å². The number of amides is 2. The zero-order valence-corrected chi connectivity index (χ0v) is 12.7. The molecule has 0 aliphatic heterocycles. The van der Waals surface area contributed by atoms with E-state index in [1.807, 2.05) is 38.1 Å². The van der Waals surface area contributed by atoms with Gasteiger partial charge in [-0.15, -0.1) is 0 Å². The molecule has 2 amide bonds. The van der Waals surface area contributed by atoms with E-state index in [0.717, 1.165) is 11.3 Å². The lowest BCUT2D eigenvalue weighted by Crippen LogP contribution is -2.44. The van der Waals surface area contributed by atoms with Gasteiger partial charge in [0.1, 0.15) is 11.8 Å². The Morgan fingerprint density at radius 2 is 2.00 bits per heavy atom. The second kappa shape index (κ2) is 8.79. The third-order valence-electron chi connectivity index (χ3n) is 2.74. The second-order valence-corrected chi connectivity index (χ2v) is 4.43. The molecule has 0 unspecified atom stereocenters. The molecular formula is C16H22N2O3. The highest BCUT2D eigenvalue weighted by Gasteiger charge is 2.12. The van der Waals surface area contributed by atoms with Crippen LogP contribution in [0.25, 0.3) is 6.08 Å². The van der Waals surface area contributed by atoms with Crippen LogP contribution in [0.1, 0.15) is 26.3 Å². The highest BCUT2D eigenvalue weighted by molar-refractivity contribution is 5.95. The Balaban J connectivity index is 2.64. The summed E-state index contributed by atoms with van der Waals surface area (Å²) < 4.78 is 5.47. The molecule has 0 fully saturated rings. The van der Waals surface area contributed by atoms with E-state index in [4.69, 9.17) is 4.74 Å². The standard InChI is InChI=1S/C16H22N2O3/c1-4-17-16(20)12(3)18-15(19)11-10-13-8-6-7-9-14(13)21-5-2/h6-12H,4-5H2,1-3H3,(H,17,20)(H,18,19)/b11-10+/t12-/m1/s1. The third-order valence-corrected chi connectivity index (χ3v) is 2.74. The Morgan fingerprint density at radius 3 is 2.67 bits per heavy atom. The molecule has 0 aromatic heterocycles. The van der Waals surface area contributed by atoms with Crippen LogP contribution in [0, 0.1) is 0 Å². The van der Waals surface area contributed by atoms with Gasteiger partial charge in [-0.05, 0) is 32.9 Å². The molecular weight excluding hydrogens is 268 g/mol. The number of hydrogen-bond acceptors (Lipinski definition) is 3. The van der Waals surface area contributed by atoms with Crippen LogP contribution in [-0.4, -0.2) is 31.0 Å². The van der Waals surface area contributed by atoms with E-state index in [0.29, 0.717) is 13.2 Å². The van der Waals surface area contributed by atoms with Crippen LogP contribution in [0.15, 0.2) is 30.3 Å². The number of benzene rings is 1. The van der Waals surface area contributed by atoms with Gasteiger partial charge in [-0.2, -0.15) is 0 Å². The fourth-order valence-corrected chi connectivity index (χ4v) is 1.73. The SMILES string of the molecule is CCNC(=O)[C@@H](C)NC(=O)/C=C/c1ccccc1OCC. The molecule has 0 saturated carbocycles. The molecule has 1 rings (SSSR count). The fourth-order valence-electron chi connectivity index (χ4n) is 1.73. The lowest BCUT2D eigenvalue weighted by molar-refractivity contribution is -0.126. The van der Waals surface area contributed by atoms with Gasteiger partial charge in [0.2, 0.25) is 11.8 Å². The first-order chi connectivity index (χ1) is 10.1. The summed E-state index contributed by atoms with van der Waals surface area (Å²) in [5.74, 6) is 0.204. The molecule has 114 valence electrons. The lowest BCUT2D eigenvalue weighted by Gasteiger charge is -2.11. The quantitative estimate of drug-likeness (QED) is 0.752. The van der Waals surface area contributed by atoms with Crippen LogP contribution < -0.4 is 15.4 Å². The predicted molar refractivity (Wildman–Crippen MR) is 82.9 cm³/mol. The zero-order valence-electron chi connectivity index (χ0n) is 12.7. The van der Waals surface area contributed by atoms with E-state index in [1.165, 1.54) is 6.08 Å². The van der Waals surface area contributed by atoms with Crippen molar-refractivity contribution in [1.82, 2.24) is 10.6 Å². The third kappa shape index (κ3) is 5.69. The van der Waals surface area contributed by atoms with Gasteiger partial charge in [-0.3, -0.25) is 9.59 Å². The molecule has 0 heterocycles. The molecule has 21 heavy (non-hydrogen) atoms. The Kier molecular flexibility index (Phi) is 7.01. The molecule has 0 saturated heterocycles. The minimum atomic E-state index is -0.566. The number of carbonyl (C=O) groups excluding carboxylic acids is 2. The van der Waals surface area contributed by atoms with E-state index in [-0.39, 0.29) is 11.8 Å². The van der Waals surface area contributed by atoms with Gasteiger partial charge in [0, 0.05) is 18.2 Å². The highest BCUT2D eigenvalue weighted by Crippen LogP contribution is 2.19. The molecule has 5 nitrogen and oxygen atoms in total. The van der Waals surface area contributed by atoms with Crippen LogP contribution in [0.3, 0.4) is 0 Å². The maximum atomic E-state index is 11.8. The molecule has 0 aliphatic carbocycles. The molecule has 1 aromatic rings. The van der Waals surface area contributed by atoms with Crippen LogP contribution in [0.5, 0.6) is 5.75 Å². The largest absolute Gasteiger partial charge is 0.493 e. The minimum absolute atomic E-state index is 0.200. The van der Waals surface area contributed by atoms with Crippen molar-refractivity contribution in [3.05, 3.63) is 35.9 Å². The van der Waals surface area contributed by atoms with E-state index in [2.05, 4.69) is 10.6 Å². The summed E-state index contributed by atoms with van der Waals surface area (Å²) in [6.45, 7) is 6.48. The van der Waals surface area contributed by atoms with Crippen molar-refractivity contribution in [3.8, 4) is 5.75 Å². The monoisotopic (exact) mass is 290 g/mol. The first-order valence-electron chi connectivity index (χ1n) is 7.06. The van der Waals surface area contributed by atoms with Crippen molar-refractivity contribution in [2.24, 2.45) is 0 Å². The maximum Gasteiger partial charge on any atom is 0.244 e. The molecule has 0 spiro atoms. The van der Waals surface area contributed by atoms with Crippen molar-refractivity contribution in [2.45, 2.75) is 26.8 Å².